The molecule has 2 aliphatic heterocycles. The zero-order valence-electron chi connectivity index (χ0n) is 16.5. The number of ether oxygens (including phenoxy) is 1. The van der Waals surface area contributed by atoms with Crippen LogP contribution in [-0.2, 0) is 4.74 Å². The third-order valence-electron chi connectivity index (χ3n) is 6.43. The maximum absolute atomic E-state index is 5.93. The number of hydrogen-bond donors (Lipinski definition) is 2. The summed E-state index contributed by atoms with van der Waals surface area (Å²) in [6.07, 6.45) is 2.69. The minimum absolute atomic E-state index is 0.163. The molecule has 1 aromatic carbocycles. The van der Waals surface area contributed by atoms with Crippen molar-refractivity contribution in [3.8, 4) is 0 Å². The van der Waals surface area contributed by atoms with Gasteiger partial charge in [-0.3, -0.25) is 4.99 Å². The van der Waals surface area contributed by atoms with Gasteiger partial charge < -0.3 is 20.3 Å². The maximum Gasteiger partial charge on any atom is 0.191 e. The first-order valence-corrected chi connectivity index (χ1v) is 11.0. The smallest absolute Gasteiger partial charge is 0.191 e. The molecule has 1 aromatic rings. The van der Waals surface area contributed by atoms with Crippen molar-refractivity contribution in [2.45, 2.75) is 51.8 Å². The van der Waals surface area contributed by atoms with Gasteiger partial charge in [-0.25, -0.2) is 0 Å². The Balaban J connectivity index is 1.37. The van der Waals surface area contributed by atoms with E-state index in [1.165, 1.54) is 5.69 Å². The van der Waals surface area contributed by atoms with Crippen LogP contribution in [0.2, 0.25) is 0 Å². The first-order chi connectivity index (χ1) is 13.0. The molecule has 148 valence electrons. The molecule has 1 aliphatic carbocycles. The lowest BCUT2D eigenvalue weighted by Crippen LogP contribution is -2.68. The molecule has 3 fully saturated rings. The van der Waals surface area contributed by atoms with Gasteiger partial charge in [-0.1, -0.05) is 29.8 Å². The third-order valence-corrected chi connectivity index (χ3v) is 6.96. The van der Waals surface area contributed by atoms with Crippen molar-refractivity contribution in [1.82, 2.24) is 10.6 Å². The molecule has 6 heteroatoms. The molecule has 0 amide bonds. The summed E-state index contributed by atoms with van der Waals surface area (Å²) in [6.45, 7) is 10.5. The largest absolute Gasteiger partial charge is 0.377 e. The predicted molar refractivity (Wildman–Crippen MR) is 114 cm³/mol. The summed E-state index contributed by atoms with van der Waals surface area (Å²) in [5.74, 6) is 1.58. The normalized spacial score (nSPS) is 32.1. The van der Waals surface area contributed by atoms with Crippen molar-refractivity contribution < 1.29 is 4.74 Å². The molecule has 1 saturated carbocycles. The SMILES string of the molecule is CCN=C(NC1CCN(c2ccc(Br)cc2)C1)NC1C2CCOC2C1(C)C. The summed E-state index contributed by atoms with van der Waals surface area (Å²) in [6, 6.07) is 9.45. The number of hydrogen-bond acceptors (Lipinski definition) is 3. The van der Waals surface area contributed by atoms with Crippen LogP contribution in [0.1, 0.15) is 33.6 Å². The van der Waals surface area contributed by atoms with Crippen molar-refractivity contribution in [2.75, 3.05) is 31.1 Å². The van der Waals surface area contributed by atoms with E-state index >= 15 is 0 Å². The van der Waals surface area contributed by atoms with Crippen LogP contribution in [0, 0.1) is 11.3 Å². The number of benzene rings is 1. The zero-order valence-corrected chi connectivity index (χ0v) is 18.1. The van der Waals surface area contributed by atoms with Crippen LogP contribution in [0.15, 0.2) is 33.7 Å². The lowest BCUT2D eigenvalue weighted by molar-refractivity contribution is -0.106. The van der Waals surface area contributed by atoms with Gasteiger partial charge >= 0.3 is 0 Å². The molecule has 2 N–H and O–H groups in total. The summed E-state index contributed by atoms with van der Waals surface area (Å²) in [5, 5.41) is 7.43. The van der Waals surface area contributed by atoms with Crippen LogP contribution in [0.4, 0.5) is 5.69 Å². The lowest BCUT2D eigenvalue weighted by Gasteiger charge is -2.55. The molecule has 2 saturated heterocycles. The van der Waals surface area contributed by atoms with Crippen molar-refractivity contribution in [3.05, 3.63) is 28.7 Å². The first kappa shape index (κ1) is 19.1. The second kappa shape index (κ2) is 7.63. The number of anilines is 1. The Morgan fingerprint density at radius 1 is 1.26 bits per heavy atom. The Hall–Kier alpha value is -1.27. The van der Waals surface area contributed by atoms with E-state index in [0.717, 1.165) is 49.5 Å². The quantitative estimate of drug-likeness (QED) is 0.563. The maximum atomic E-state index is 5.93. The summed E-state index contributed by atoms with van der Waals surface area (Å²) < 4.78 is 7.06. The highest BCUT2D eigenvalue weighted by molar-refractivity contribution is 9.10. The fourth-order valence-corrected chi connectivity index (χ4v) is 5.28. The Labute approximate surface area is 171 Å². The van der Waals surface area contributed by atoms with Gasteiger partial charge in [-0.05, 0) is 44.0 Å². The van der Waals surface area contributed by atoms with E-state index in [1.807, 2.05) is 0 Å². The third kappa shape index (κ3) is 3.70. The van der Waals surface area contributed by atoms with Gasteiger partial charge in [-0.2, -0.15) is 0 Å². The summed E-state index contributed by atoms with van der Waals surface area (Å²) in [7, 11) is 0. The number of aliphatic imine (C=N–C) groups is 1. The monoisotopic (exact) mass is 434 g/mol. The molecule has 3 aliphatic rings. The van der Waals surface area contributed by atoms with E-state index in [1.54, 1.807) is 0 Å². The first-order valence-electron chi connectivity index (χ1n) is 10.2. The van der Waals surface area contributed by atoms with E-state index in [2.05, 4.69) is 76.5 Å². The van der Waals surface area contributed by atoms with Crippen LogP contribution < -0.4 is 15.5 Å². The molecule has 0 aromatic heterocycles. The Morgan fingerprint density at radius 2 is 2.04 bits per heavy atom. The van der Waals surface area contributed by atoms with Gasteiger partial charge in [0.2, 0.25) is 0 Å². The molecular weight excluding hydrogens is 404 g/mol. The van der Waals surface area contributed by atoms with Gasteiger partial charge in [0, 0.05) is 59.8 Å². The number of guanidine groups is 1. The summed E-state index contributed by atoms with van der Waals surface area (Å²) >= 11 is 3.52. The highest BCUT2D eigenvalue weighted by Crippen LogP contribution is 2.52. The van der Waals surface area contributed by atoms with E-state index < -0.39 is 0 Å². The molecule has 2 heterocycles. The molecule has 4 atom stereocenters. The van der Waals surface area contributed by atoms with Crippen LogP contribution in [0.5, 0.6) is 0 Å². The summed E-state index contributed by atoms with van der Waals surface area (Å²) in [5.41, 5.74) is 1.45. The van der Waals surface area contributed by atoms with Gasteiger partial charge in [0.05, 0.1) is 6.10 Å². The average Bonchev–Trinajstić information content (AvgIpc) is 3.29. The average molecular weight is 435 g/mol. The Morgan fingerprint density at radius 3 is 2.78 bits per heavy atom. The van der Waals surface area contributed by atoms with Gasteiger partial charge in [-0.15, -0.1) is 0 Å². The zero-order chi connectivity index (χ0) is 19.0. The minimum Gasteiger partial charge on any atom is -0.377 e. The highest BCUT2D eigenvalue weighted by atomic mass is 79.9. The Kier molecular flexibility index (Phi) is 5.39. The standard InChI is InChI=1S/C21H31BrN4O/c1-4-23-20(25-18-17-10-12-27-19(17)21(18,2)3)24-15-9-11-26(13-15)16-7-5-14(22)6-8-16/h5-8,15,17-19H,4,9-13H2,1-3H3,(H2,23,24,25). The summed E-state index contributed by atoms with van der Waals surface area (Å²) in [4.78, 5) is 7.17. The van der Waals surface area contributed by atoms with Crippen LogP contribution in [0.3, 0.4) is 0 Å². The fraction of sp³-hybridized carbons (Fsp3) is 0.667. The molecule has 5 nitrogen and oxygen atoms in total. The Bertz CT molecular complexity index is 690. The van der Waals surface area contributed by atoms with Gasteiger partial charge in [0.15, 0.2) is 5.96 Å². The predicted octanol–water partition coefficient (Wildman–Crippen LogP) is 3.40. The second-order valence-electron chi connectivity index (χ2n) is 8.56. The van der Waals surface area contributed by atoms with Crippen LogP contribution in [-0.4, -0.2) is 50.4 Å². The van der Waals surface area contributed by atoms with E-state index in [0.29, 0.717) is 24.1 Å². The molecular formula is C21H31BrN4O. The van der Waals surface area contributed by atoms with Crippen LogP contribution >= 0.6 is 15.9 Å². The van der Waals surface area contributed by atoms with E-state index in [9.17, 15) is 0 Å². The number of nitrogens with zero attached hydrogens (tertiary/aromatic N) is 2. The van der Waals surface area contributed by atoms with E-state index in [-0.39, 0.29) is 5.41 Å². The van der Waals surface area contributed by atoms with Gasteiger partial charge in [0.25, 0.3) is 0 Å². The molecule has 4 unspecified atom stereocenters. The van der Waals surface area contributed by atoms with Crippen molar-refractivity contribution in [1.29, 1.82) is 0 Å². The van der Waals surface area contributed by atoms with Crippen molar-refractivity contribution >= 4 is 27.6 Å². The van der Waals surface area contributed by atoms with Crippen LogP contribution in [0.25, 0.3) is 0 Å². The second-order valence-corrected chi connectivity index (χ2v) is 9.48. The number of halogens is 1. The molecule has 0 bridgehead atoms. The lowest BCUT2D eigenvalue weighted by atomic mass is 9.57. The number of nitrogens with one attached hydrogen (secondary N) is 2. The van der Waals surface area contributed by atoms with Crippen molar-refractivity contribution in [2.24, 2.45) is 16.3 Å². The van der Waals surface area contributed by atoms with E-state index in [4.69, 9.17) is 9.73 Å². The molecule has 0 radical (unpaired) electrons. The van der Waals surface area contributed by atoms with Gasteiger partial charge in [0.1, 0.15) is 0 Å². The fourth-order valence-electron chi connectivity index (χ4n) is 5.01. The van der Waals surface area contributed by atoms with Crippen molar-refractivity contribution in [3.63, 3.8) is 0 Å². The molecule has 0 spiro atoms. The molecule has 4 rings (SSSR count). The number of fused-ring (bicyclic) bond motifs is 1. The molecule has 27 heavy (non-hydrogen) atoms. The minimum atomic E-state index is 0.163. The number of rotatable bonds is 4. The topological polar surface area (TPSA) is 48.9 Å². The highest BCUT2D eigenvalue weighted by Gasteiger charge is 2.59.